The van der Waals surface area contributed by atoms with Crippen molar-refractivity contribution < 1.29 is 15.0 Å². The van der Waals surface area contributed by atoms with Crippen LogP contribution in [0, 0.1) is 28.6 Å². The minimum atomic E-state index is -0.774. The van der Waals surface area contributed by atoms with E-state index in [-0.39, 0.29) is 22.5 Å². The Kier molecular flexibility index (Phi) is 3.73. The van der Waals surface area contributed by atoms with Crippen LogP contribution in [0.2, 0.25) is 0 Å². The summed E-state index contributed by atoms with van der Waals surface area (Å²) in [4.78, 5) is 12.9. The minimum Gasteiger partial charge on any atom is -0.390 e. The van der Waals surface area contributed by atoms with Crippen molar-refractivity contribution >= 4 is 5.78 Å². The highest BCUT2D eigenvalue weighted by molar-refractivity contribution is 5.95. The van der Waals surface area contributed by atoms with Gasteiger partial charge in [-0.3, -0.25) is 4.79 Å². The summed E-state index contributed by atoms with van der Waals surface area (Å²) < 4.78 is 0. The molecule has 0 aromatic heterocycles. The van der Waals surface area contributed by atoms with Crippen molar-refractivity contribution in [2.75, 3.05) is 0 Å². The molecule has 4 aliphatic carbocycles. The van der Waals surface area contributed by atoms with Crippen LogP contribution in [-0.4, -0.2) is 28.2 Å². The van der Waals surface area contributed by atoms with E-state index in [1.54, 1.807) is 0 Å². The van der Waals surface area contributed by atoms with Gasteiger partial charge < -0.3 is 10.2 Å². The van der Waals surface area contributed by atoms with Crippen molar-refractivity contribution in [3.63, 3.8) is 0 Å². The monoisotopic (exact) mass is 342 g/mol. The highest BCUT2D eigenvalue weighted by Crippen LogP contribution is 2.64. The van der Waals surface area contributed by atoms with Gasteiger partial charge in [0.25, 0.3) is 0 Å². The predicted octanol–water partition coefficient (Wildman–Crippen LogP) is 3.57. The molecule has 3 nitrogen and oxygen atoms in total. The molecule has 0 heterocycles. The summed E-state index contributed by atoms with van der Waals surface area (Å²) in [7, 11) is 0. The van der Waals surface area contributed by atoms with E-state index < -0.39 is 12.2 Å². The van der Waals surface area contributed by atoms with Crippen LogP contribution in [0.1, 0.15) is 52.9 Å². The van der Waals surface area contributed by atoms with Gasteiger partial charge in [0.15, 0.2) is 5.78 Å². The fourth-order valence-electron chi connectivity index (χ4n) is 6.55. The second-order valence-electron chi connectivity index (χ2n) is 9.40. The van der Waals surface area contributed by atoms with Crippen molar-refractivity contribution in [3.8, 4) is 0 Å². The molecule has 0 spiro atoms. The van der Waals surface area contributed by atoms with E-state index in [0.29, 0.717) is 24.7 Å². The standard InChI is InChI=1S/C22H30O3/c1-12(2)14-5-6-15-13-9-18(23)17-10-19(24)20(25)11-22(17,4)16(13)7-8-21(14,15)3/h6,9,14,16-17,19-20,24-25H,1,5,7-8,10-11H2,2-4H3. The maximum Gasteiger partial charge on any atom is 0.159 e. The fraction of sp³-hybridized carbons (Fsp3) is 0.682. The highest BCUT2D eigenvalue weighted by atomic mass is 16.3. The number of rotatable bonds is 1. The Morgan fingerprint density at radius 3 is 2.64 bits per heavy atom. The molecular formula is C22H30O3. The minimum absolute atomic E-state index is 0.0877. The number of hydrogen-bond donors (Lipinski definition) is 2. The summed E-state index contributed by atoms with van der Waals surface area (Å²) in [6.07, 6.45) is 6.79. The number of fused-ring (bicyclic) bond motifs is 5. The molecule has 0 amide bonds. The van der Waals surface area contributed by atoms with E-state index in [1.807, 2.05) is 6.08 Å². The van der Waals surface area contributed by atoms with Gasteiger partial charge in [-0.05, 0) is 78.9 Å². The third-order valence-corrected chi connectivity index (χ3v) is 7.98. The lowest BCUT2D eigenvalue weighted by Gasteiger charge is -2.56. The SMILES string of the molecule is C=C(C)C1CC=C2C3=CC(=O)C4CC(O)C(O)CC4(C)C3CCC21C. The Hall–Kier alpha value is -1.19. The van der Waals surface area contributed by atoms with Crippen molar-refractivity contribution in [1.82, 2.24) is 0 Å². The van der Waals surface area contributed by atoms with E-state index >= 15 is 0 Å². The maximum atomic E-state index is 12.9. The largest absolute Gasteiger partial charge is 0.390 e. The molecule has 2 fully saturated rings. The number of carbonyl (C=O) groups is 1. The first kappa shape index (κ1) is 17.2. The van der Waals surface area contributed by atoms with E-state index in [2.05, 4.69) is 33.4 Å². The Bertz CT molecular complexity index is 702. The van der Waals surface area contributed by atoms with Gasteiger partial charge in [0.2, 0.25) is 0 Å². The summed E-state index contributed by atoms with van der Waals surface area (Å²) in [6, 6.07) is 0. The number of carbonyl (C=O) groups excluding carboxylic acids is 1. The lowest BCUT2D eigenvalue weighted by Crippen LogP contribution is -2.54. The lowest BCUT2D eigenvalue weighted by molar-refractivity contribution is -0.141. The molecule has 0 bridgehead atoms. The van der Waals surface area contributed by atoms with Gasteiger partial charge in [0.05, 0.1) is 12.2 Å². The lowest BCUT2D eigenvalue weighted by atomic mass is 9.48. The average Bonchev–Trinajstić information content (AvgIpc) is 2.88. The molecule has 4 rings (SSSR count). The number of ketones is 1. The third-order valence-electron chi connectivity index (χ3n) is 7.98. The van der Waals surface area contributed by atoms with Gasteiger partial charge in [-0.15, -0.1) is 0 Å². The van der Waals surface area contributed by atoms with Gasteiger partial charge in [-0.2, -0.15) is 0 Å². The molecular weight excluding hydrogens is 312 g/mol. The first-order valence-corrected chi connectivity index (χ1v) is 9.66. The number of hydrogen-bond acceptors (Lipinski definition) is 3. The normalized spacial score (nSPS) is 48.8. The topological polar surface area (TPSA) is 57.5 Å². The van der Waals surface area contributed by atoms with Crippen molar-refractivity contribution in [2.45, 2.75) is 65.1 Å². The number of aliphatic hydroxyl groups excluding tert-OH is 2. The van der Waals surface area contributed by atoms with Crippen LogP contribution in [0.15, 0.2) is 35.5 Å². The molecule has 25 heavy (non-hydrogen) atoms. The molecule has 136 valence electrons. The molecule has 0 aliphatic heterocycles. The van der Waals surface area contributed by atoms with Gasteiger partial charge in [0.1, 0.15) is 0 Å². The second-order valence-corrected chi connectivity index (χ2v) is 9.40. The molecule has 3 heteroatoms. The van der Waals surface area contributed by atoms with Crippen LogP contribution in [0.3, 0.4) is 0 Å². The van der Waals surface area contributed by atoms with Crippen LogP contribution in [0.4, 0.5) is 0 Å². The number of allylic oxidation sites excluding steroid dienone is 5. The van der Waals surface area contributed by atoms with Crippen molar-refractivity contribution in [2.24, 2.45) is 28.6 Å². The van der Waals surface area contributed by atoms with Crippen molar-refractivity contribution in [3.05, 3.63) is 35.5 Å². The Morgan fingerprint density at radius 1 is 1.24 bits per heavy atom. The second kappa shape index (κ2) is 5.40. The van der Waals surface area contributed by atoms with Gasteiger partial charge >= 0.3 is 0 Å². The van der Waals surface area contributed by atoms with Gasteiger partial charge in [-0.1, -0.05) is 32.1 Å². The van der Waals surface area contributed by atoms with E-state index in [0.717, 1.165) is 19.3 Å². The first-order valence-electron chi connectivity index (χ1n) is 9.66. The predicted molar refractivity (Wildman–Crippen MR) is 97.8 cm³/mol. The molecule has 0 saturated heterocycles. The summed E-state index contributed by atoms with van der Waals surface area (Å²) >= 11 is 0. The van der Waals surface area contributed by atoms with Crippen LogP contribution >= 0.6 is 0 Å². The highest BCUT2D eigenvalue weighted by Gasteiger charge is 2.58. The first-order chi connectivity index (χ1) is 11.7. The molecule has 7 atom stereocenters. The van der Waals surface area contributed by atoms with Gasteiger partial charge in [0, 0.05) is 5.92 Å². The Morgan fingerprint density at radius 2 is 1.96 bits per heavy atom. The zero-order valence-corrected chi connectivity index (χ0v) is 15.6. The molecule has 2 saturated carbocycles. The smallest absolute Gasteiger partial charge is 0.159 e. The van der Waals surface area contributed by atoms with E-state index in [4.69, 9.17) is 0 Å². The van der Waals surface area contributed by atoms with E-state index in [9.17, 15) is 15.0 Å². The molecule has 7 unspecified atom stereocenters. The Balaban J connectivity index is 1.77. The molecule has 0 aromatic rings. The zero-order valence-electron chi connectivity index (χ0n) is 15.6. The Labute approximate surface area is 150 Å². The van der Waals surface area contributed by atoms with Crippen LogP contribution in [0.5, 0.6) is 0 Å². The summed E-state index contributed by atoms with van der Waals surface area (Å²) in [5.74, 6) is 0.746. The fourth-order valence-corrected chi connectivity index (χ4v) is 6.55. The number of aliphatic hydroxyl groups is 2. The summed E-state index contributed by atoms with van der Waals surface area (Å²) in [5, 5.41) is 20.4. The zero-order chi connectivity index (χ0) is 18.1. The maximum absolute atomic E-state index is 12.9. The van der Waals surface area contributed by atoms with Gasteiger partial charge in [-0.25, -0.2) is 0 Å². The van der Waals surface area contributed by atoms with Crippen molar-refractivity contribution in [1.29, 1.82) is 0 Å². The quantitative estimate of drug-likeness (QED) is 0.716. The summed E-state index contributed by atoms with van der Waals surface area (Å²) in [6.45, 7) is 10.8. The average molecular weight is 342 g/mol. The molecule has 4 aliphatic rings. The molecule has 0 radical (unpaired) electrons. The van der Waals surface area contributed by atoms with E-state index in [1.165, 1.54) is 16.7 Å². The van der Waals surface area contributed by atoms with Crippen LogP contribution in [-0.2, 0) is 4.79 Å². The van der Waals surface area contributed by atoms with Crippen LogP contribution in [0.25, 0.3) is 0 Å². The van der Waals surface area contributed by atoms with Crippen LogP contribution < -0.4 is 0 Å². The molecule has 0 aromatic carbocycles. The summed E-state index contributed by atoms with van der Waals surface area (Å²) in [5.41, 5.74) is 3.64. The molecule has 2 N–H and O–H groups in total. The third kappa shape index (κ3) is 2.21.